The Balaban J connectivity index is 1.41. The van der Waals surface area contributed by atoms with Crippen molar-refractivity contribution in [3.05, 3.63) is 76.6 Å². The van der Waals surface area contributed by atoms with Gasteiger partial charge in [0.25, 0.3) is 10.2 Å². The van der Waals surface area contributed by atoms with Crippen molar-refractivity contribution in [3.63, 3.8) is 0 Å². The molecule has 2 aliphatic carbocycles. The topological polar surface area (TPSA) is 86.7 Å². The van der Waals surface area contributed by atoms with Crippen LogP contribution in [0.1, 0.15) is 53.2 Å². The number of carbonyl (C=O) groups excluding carboxylic acids is 1. The third-order valence-electron chi connectivity index (χ3n) is 7.72. The molecule has 2 fully saturated rings. The van der Waals surface area contributed by atoms with E-state index in [1.165, 1.54) is 24.3 Å². The lowest BCUT2D eigenvalue weighted by Crippen LogP contribution is -2.52. The van der Waals surface area contributed by atoms with Gasteiger partial charge < -0.3 is 5.11 Å². The van der Waals surface area contributed by atoms with E-state index in [1.807, 2.05) is 19.1 Å². The van der Waals surface area contributed by atoms with Gasteiger partial charge in [-0.05, 0) is 85.4 Å². The fourth-order valence-electron chi connectivity index (χ4n) is 6.02. The van der Waals surface area contributed by atoms with Gasteiger partial charge in [-0.15, -0.1) is 0 Å². The molecule has 180 valence electrons. The number of allylic oxidation sites excluding steroid dienone is 1. The molecule has 3 atom stereocenters. The number of hydrogen-bond donors (Lipinski definition) is 2. The van der Waals surface area contributed by atoms with Crippen molar-refractivity contribution in [1.82, 2.24) is 9.03 Å². The number of rotatable bonds is 5. The van der Waals surface area contributed by atoms with Gasteiger partial charge in [-0.2, -0.15) is 17.4 Å². The Kier molecular flexibility index (Phi) is 5.86. The quantitative estimate of drug-likeness (QED) is 0.381. The van der Waals surface area contributed by atoms with Crippen LogP contribution in [0.25, 0.3) is 5.76 Å². The summed E-state index contributed by atoms with van der Waals surface area (Å²) in [7, 11) is -3.48. The lowest BCUT2D eigenvalue weighted by Gasteiger charge is -2.33. The molecule has 1 heterocycles. The number of ketones is 1. The average Bonchev–Trinajstić information content (AvgIpc) is 3.19. The van der Waals surface area contributed by atoms with Crippen LogP contribution in [0.5, 0.6) is 0 Å². The lowest BCUT2D eigenvalue weighted by molar-refractivity contribution is 0.104. The third kappa shape index (κ3) is 3.97. The van der Waals surface area contributed by atoms with E-state index in [0.717, 1.165) is 42.9 Å². The Morgan fingerprint density at radius 1 is 1.12 bits per heavy atom. The van der Waals surface area contributed by atoms with E-state index >= 15 is 0 Å². The van der Waals surface area contributed by atoms with E-state index in [0.29, 0.717) is 30.6 Å². The second-order valence-electron chi connectivity index (χ2n) is 9.74. The van der Waals surface area contributed by atoms with Crippen LogP contribution >= 0.6 is 0 Å². The van der Waals surface area contributed by atoms with Crippen LogP contribution in [0.3, 0.4) is 0 Å². The summed E-state index contributed by atoms with van der Waals surface area (Å²) in [4.78, 5) is 12.9. The number of fused-ring (bicyclic) bond motifs is 1. The maximum Gasteiger partial charge on any atom is 0.280 e. The van der Waals surface area contributed by atoms with Crippen LogP contribution in [-0.4, -0.2) is 42.2 Å². The van der Waals surface area contributed by atoms with Gasteiger partial charge in [0.2, 0.25) is 0 Å². The largest absolute Gasteiger partial charge is 0.507 e. The summed E-state index contributed by atoms with van der Waals surface area (Å²) in [6.45, 7) is 3.01. The molecule has 2 bridgehead atoms. The second kappa shape index (κ2) is 8.59. The molecule has 0 radical (unpaired) electrons. The zero-order chi connectivity index (χ0) is 24.1. The number of nitrogens with zero attached hydrogens (tertiary/aromatic N) is 1. The van der Waals surface area contributed by atoms with Crippen LogP contribution < -0.4 is 4.72 Å². The van der Waals surface area contributed by atoms with E-state index in [1.54, 1.807) is 10.4 Å². The summed E-state index contributed by atoms with van der Waals surface area (Å²) in [6.07, 6.45) is 5.36. The van der Waals surface area contributed by atoms with Gasteiger partial charge >= 0.3 is 0 Å². The molecular formula is C26H29FN2O4S. The first-order valence-electron chi connectivity index (χ1n) is 11.8. The standard InChI is InChI=1S/C26H29FN2O4S/c1-2-11-29-16-26(28-34(29,32)33)21-7-8-22(26)14-20-12-19(4-3-18(20)13-21)25(31)15-24(30)17-5-9-23(27)10-6-17/h3-6,9-10,12,15,21-22,28,30H,2,7-8,11,13-14,16H2,1H3. The smallest absolute Gasteiger partial charge is 0.280 e. The minimum absolute atomic E-state index is 0.170. The number of nitrogens with one attached hydrogen (secondary N) is 1. The van der Waals surface area contributed by atoms with Crippen molar-refractivity contribution in [2.75, 3.05) is 13.1 Å². The van der Waals surface area contributed by atoms with E-state index in [-0.39, 0.29) is 23.4 Å². The van der Waals surface area contributed by atoms with E-state index in [9.17, 15) is 22.7 Å². The first-order chi connectivity index (χ1) is 16.2. The van der Waals surface area contributed by atoms with Crippen molar-refractivity contribution in [2.24, 2.45) is 11.8 Å². The number of halogens is 1. The number of carbonyl (C=O) groups is 1. The van der Waals surface area contributed by atoms with Crippen molar-refractivity contribution >= 4 is 21.8 Å². The molecule has 2 aromatic rings. The molecule has 3 unspecified atom stereocenters. The molecular weight excluding hydrogens is 455 g/mol. The normalized spacial score (nSPS) is 28.1. The first kappa shape index (κ1) is 23.2. The maximum atomic E-state index is 13.1. The Bertz CT molecular complexity index is 1260. The van der Waals surface area contributed by atoms with Crippen LogP contribution in [0, 0.1) is 17.7 Å². The van der Waals surface area contributed by atoms with Gasteiger partial charge in [-0.25, -0.2) is 4.39 Å². The highest BCUT2D eigenvalue weighted by atomic mass is 32.2. The number of benzene rings is 2. The Morgan fingerprint density at radius 3 is 2.44 bits per heavy atom. The minimum Gasteiger partial charge on any atom is -0.507 e. The Hall–Kier alpha value is -2.55. The fourth-order valence-corrected chi connectivity index (χ4v) is 7.83. The zero-order valence-electron chi connectivity index (χ0n) is 19.1. The summed E-state index contributed by atoms with van der Waals surface area (Å²) in [5, 5.41) is 10.3. The molecule has 1 saturated heterocycles. The van der Waals surface area contributed by atoms with Crippen LogP contribution in [0.4, 0.5) is 4.39 Å². The van der Waals surface area contributed by atoms with Gasteiger partial charge in [0.1, 0.15) is 11.6 Å². The molecule has 3 aliphatic rings. The van der Waals surface area contributed by atoms with Crippen molar-refractivity contribution < 1.29 is 22.7 Å². The summed E-state index contributed by atoms with van der Waals surface area (Å²) in [6, 6.07) is 10.9. The maximum absolute atomic E-state index is 13.1. The summed E-state index contributed by atoms with van der Waals surface area (Å²) >= 11 is 0. The van der Waals surface area contributed by atoms with Crippen molar-refractivity contribution in [3.8, 4) is 0 Å². The van der Waals surface area contributed by atoms with Crippen molar-refractivity contribution in [2.45, 2.75) is 44.6 Å². The highest BCUT2D eigenvalue weighted by Gasteiger charge is 2.59. The number of hydrogen-bond acceptors (Lipinski definition) is 4. The average molecular weight is 485 g/mol. The lowest BCUT2D eigenvalue weighted by atomic mass is 9.79. The summed E-state index contributed by atoms with van der Waals surface area (Å²) in [5.41, 5.74) is 2.61. The van der Waals surface area contributed by atoms with Crippen molar-refractivity contribution in [1.29, 1.82) is 0 Å². The first-order valence-corrected chi connectivity index (χ1v) is 13.3. The molecule has 0 aromatic heterocycles. The fraction of sp³-hybridized carbons (Fsp3) is 0.423. The predicted octanol–water partition coefficient (Wildman–Crippen LogP) is 4.03. The summed E-state index contributed by atoms with van der Waals surface area (Å²) in [5.74, 6) is -0.565. The molecule has 8 heteroatoms. The predicted molar refractivity (Wildman–Crippen MR) is 128 cm³/mol. The molecule has 1 saturated carbocycles. The third-order valence-corrected chi connectivity index (χ3v) is 9.35. The van der Waals surface area contributed by atoms with Gasteiger partial charge in [0.15, 0.2) is 5.78 Å². The van der Waals surface area contributed by atoms with Crippen LogP contribution in [0.15, 0.2) is 48.5 Å². The highest BCUT2D eigenvalue weighted by Crippen LogP contribution is 2.50. The SMILES string of the molecule is CCCN1CC2(NS1(=O)=O)C1CCC2Cc2cc(C(=O)C=C(O)c3ccc(F)cc3)ccc2C1. The zero-order valence-corrected chi connectivity index (χ0v) is 19.9. The van der Waals surface area contributed by atoms with Gasteiger partial charge in [0.05, 0.1) is 5.54 Å². The van der Waals surface area contributed by atoms with Gasteiger partial charge in [-0.3, -0.25) is 4.79 Å². The van der Waals surface area contributed by atoms with E-state index in [2.05, 4.69) is 4.72 Å². The van der Waals surface area contributed by atoms with Gasteiger partial charge in [-0.1, -0.05) is 19.1 Å². The van der Waals surface area contributed by atoms with Gasteiger partial charge in [0, 0.05) is 30.3 Å². The monoisotopic (exact) mass is 484 g/mol. The van der Waals surface area contributed by atoms with E-state index in [4.69, 9.17) is 0 Å². The van der Waals surface area contributed by atoms with E-state index < -0.39 is 21.6 Å². The van der Waals surface area contributed by atoms with Crippen LogP contribution in [-0.2, 0) is 23.1 Å². The Labute approximate surface area is 199 Å². The number of aliphatic hydroxyl groups is 1. The second-order valence-corrected chi connectivity index (χ2v) is 11.4. The molecule has 5 rings (SSSR count). The molecule has 1 spiro atoms. The molecule has 1 aliphatic heterocycles. The molecule has 0 amide bonds. The minimum atomic E-state index is -3.48. The van der Waals surface area contributed by atoms with Crippen LogP contribution in [0.2, 0.25) is 0 Å². The summed E-state index contributed by atoms with van der Waals surface area (Å²) < 4.78 is 43.5. The molecule has 6 nitrogen and oxygen atoms in total. The molecule has 2 aromatic carbocycles. The highest BCUT2D eigenvalue weighted by molar-refractivity contribution is 7.87. The molecule has 2 N–H and O–H groups in total. The molecule has 34 heavy (non-hydrogen) atoms. The Morgan fingerprint density at radius 2 is 1.76 bits per heavy atom. The number of aliphatic hydroxyl groups excluding tert-OH is 1.